The molecule has 0 saturated heterocycles. The van der Waals surface area contributed by atoms with Gasteiger partial charge in [0.05, 0.1) is 26.4 Å². The van der Waals surface area contributed by atoms with E-state index in [0.717, 1.165) is 114 Å². The summed E-state index contributed by atoms with van der Waals surface area (Å²) in [6.45, 7) is 14.2. The molecule has 0 aliphatic rings. The van der Waals surface area contributed by atoms with Crippen LogP contribution in [-0.2, 0) is 65.4 Å². The first-order valence-electron chi connectivity index (χ1n) is 41.3. The molecule has 17 nitrogen and oxygen atoms in total. The minimum Gasteiger partial charge on any atom is -0.462 e. The van der Waals surface area contributed by atoms with Crippen LogP contribution < -0.4 is 0 Å². The standard InChI is InChI=1S/C80H156O17P2/c1-9-72(7)58-50-42-33-29-25-21-17-13-11-12-14-18-22-26-30-34-44-52-60-77(82)90-66-75(96-79(84)62-54-46-35-31-27-23-19-15-16-20-24-28-32-40-48-56-70(3)4)68-94-98(86,87)92-64-74(81)65-93-99(88,89)95-69-76(67-91-78(83)61-53-45-38-36-41-49-57-71(5)6)97-80(85)63-55-47-39-37-43-51-59-73(8)10-2/h70-76,81H,9-69H2,1-8H3,(H,86,87)(H,88,89)/t72?,73?,74-,75-,76-/m1/s1. The Morgan fingerprint density at radius 3 is 0.717 bits per heavy atom. The maximum atomic E-state index is 13.1. The van der Waals surface area contributed by atoms with Gasteiger partial charge in [-0.15, -0.1) is 0 Å². The predicted octanol–water partition coefficient (Wildman–Crippen LogP) is 23.6. The number of hydrogen-bond donors (Lipinski definition) is 3. The summed E-state index contributed by atoms with van der Waals surface area (Å²) >= 11 is 0. The van der Waals surface area contributed by atoms with Crippen LogP contribution in [-0.4, -0.2) is 96.7 Å². The number of hydrogen-bond acceptors (Lipinski definition) is 15. The Balaban J connectivity index is 5.17. The topological polar surface area (TPSA) is 237 Å². The molecule has 0 spiro atoms. The van der Waals surface area contributed by atoms with Crippen molar-refractivity contribution in [2.45, 2.75) is 427 Å². The molecule has 0 amide bonds. The summed E-state index contributed by atoms with van der Waals surface area (Å²) in [5.41, 5.74) is 0. The van der Waals surface area contributed by atoms with Crippen LogP contribution in [0.25, 0.3) is 0 Å². The Labute approximate surface area is 607 Å². The average Bonchev–Trinajstić information content (AvgIpc) is 1.78. The van der Waals surface area contributed by atoms with E-state index >= 15 is 0 Å². The molecule has 0 aromatic rings. The maximum absolute atomic E-state index is 13.1. The van der Waals surface area contributed by atoms with Crippen LogP contribution >= 0.6 is 15.6 Å². The molecule has 588 valence electrons. The Morgan fingerprint density at radius 1 is 0.283 bits per heavy atom. The molecule has 0 aliphatic heterocycles. The lowest BCUT2D eigenvalue weighted by Gasteiger charge is -2.21. The number of esters is 4. The fourth-order valence-electron chi connectivity index (χ4n) is 12.2. The summed E-state index contributed by atoms with van der Waals surface area (Å²) in [4.78, 5) is 72.8. The van der Waals surface area contributed by atoms with E-state index in [1.54, 1.807) is 0 Å². The monoisotopic (exact) mass is 1450 g/mol. The molecule has 0 heterocycles. The van der Waals surface area contributed by atoms with Gasteiger partial charge in [0.25, 0.3) is 0 Å². The number of aliphatic hydroxyl groups excluding tert-OH is 1. The van der Waals surface area contributed by atoms with Gasteiger partial charge < -0.3 is 33.8 Å². The number of carbonyl (C=O) groups is 4. The van der Waals surface area contributed by atoms with Gasteiger partial charge in [-0.05, 0) is 49.4 Å². The van der Waals surface area contributed by atoms with Crippen molar-refractivity contribution in [3.8, 4) is 0 Å². The third kappa shape index (κ3) is 71.5. The van der Waals surface area contributed by atoms with Crippen LogP contribution in [0, 0.1) is 23.7 Å². The molecule has 0 radical (unpaired) electrons. The molecule has 7 atom stereocenters. The summed E-state index contributed by atoms with van der Waals surface area (Å²) in [5.74, 6) is 0.954. The van der Waals surface area contributed by atoms with E-state index in [0.29, 0.717) is 31.6 Å². The van der Waals surface area contributed by atoms with Crippen LogP contribution in [0.3, 0.4) is 0 Å². The number of unbranched alkanes of at least 4 members (excludes halogenated alkanes) is 41. The normalized spacial score (nSPS) is 14.6. The van der Waals surface area contributed by atoms with Crippen LogP contribution in [0.1, 0.15) is 409 Å². The largest absolute Gasteiger partial charge is 0.472 e. The van der Waals surface area contributed by atoms with Crippen molar-refractivity contribution in [1.29, 1.82) is 0 Å². The van der Waals surface area contributed by atoms with Gasteiger partial charge in [0.1, 0.15) is 19.3 Å². The molecule has 0 aromatic heterocycles. The second-order valence-corrected chi connectivity index (χ2v) is 33.1. The molecule has 4 unspecified atom stereocenters. The highest BCUT2D eigenvalue weighted by atomic mass is 31.2. The summed E-state index contributed by atoms with van der Waals surface area (Å²) in [6, 6.07) is 0. The number of phosphoric acid groups is 2. The maximum Gasteiger partial charge on any atom is 0.472 e. The fraction of sp³-hybridized carbons (Fsp3) is 0.950. The molecule has 0 rings (SSSR count). The Bertz CT molecular complexity index is 1940. The third-order valence-electron chi connectivity index (χ3n) is 19.3. The van der Waals surface area contributed by atoms with Crippen molar-refractivity contribution in [2.24, 2.45) is 23.7 Å². The molecule has 3 N–H and O–H groups in total. The van der Waals surface area contributed by atoms with E-state index in [2.05, 4.69) is 55.4 Å². The molecule has 0 fully saturated rings. The molecular formula is C80H156O17P2. The zero-order valence-electron chi connectivity index (χ0n) is 65.1. The molecule has 0 bridgehead atoms. The minimum atomic E-state index is -4.96. The van der Waals surface area contributed by atoms with Crippen LogP contribution in [0.5, 0.6) is 0 Å². The summed E-state index contributed by atoms with van der Waals surface area (Å²) in [6.07, 6.45) is 55.9. The van der Waals surface area contributed by atoms with Crippen LogP contribution in [0.2, 0.25) is 0 Å². The van der Waals surface area contributed by atoms with Gasteiger partial charge in [0.15, 0.2) is 12.2 Å². The summed E-state index contributed by atoms with van der Waals surface area (Å²) in [5, 5.41) is 10.6. The highest BCUT2D eigenvalue weighted by molar-refractivity contribution is 7.47. The van der Waals surface area contributed by atoms with E-state index in [9.17, 15) is 43.2 Å². The lowest BCUT2D eigenvalue weighted by Crippen LogP contribution is -2.30. The zero-order chi connectivity index (χ0) is 73.1. The number of aliphatic hydroxyl groups is 1. The van der Waals surface area contributed by atoms with Crippen molar-refractivity contribution >= 4 is 39.5 Å². The Hall–Kier alpha value is -1.94. The zero-order valence-corrected chi connectivity index (χ0v) is 66.9. The molecule has 0 aliphatic carbocycles. The van der Waals surface area contributed by atoms with E-state index in [-0.39, 0.29) is 25.7 Å². The molecule has 0 aromatic carbocycles. The molecule has 99 heavy (non-hydrogen) atoms. The van der Waals surface area contributed by atoms with Crippen molar-refractivity contribution in [3.05, 3.63) is 0 Å². The van der Waals surface area contributed by atoms with Gasteiger partial charge in [-0.1, -0.05) is 357 Å². The van der Waals surface area contributed by atoms with Crippen molar-refractivity contribution in [3.63, 3.8) is 0 Å². The van der Waals surface area contributed by atoms with Crippen molar-refractivity contribution in [2.75, 3.05) is 39.6 Å². The van der Waals surface area contributed by atoms with E-state index < -0.39 is 97.5 Å². The van der Waals surface area contributed by atoms with E-state index in [4.69, 9.17) is 37.0 Å². The summed E-state index contributed by atoms with van der Waals surface area (Å²) in [7, 11) is -9.92. The smallest absolute Gasteiger partial charge is 0.462 e. The minimum absolute atomic E-state index is 0.102. The first kappa shape index (κ1) is 97.1. The average molecular weight is 1450 g/mol. The molecule has 0 saturated carbocycles. The second-order valence-electron chi connectivity index (χ2n) is 30.2. The number of phosphoric ester groups is 2. The first-order valence-corrected chi connectivity index (χ1v) is 44.3. The van der Waals surface area contributed by atoms with Gasteiger partial charge in [-0.2, -0.15) is 0 Å². The lowest BCUT2D eigenvalue weighted by atomic mass is 9.99. The third-order valence-corrected chi connectivity index (χ3v) is 21.2. The highest BCUT2D eigenvalue weighted by Crippen LogP contribution is 2.45. The van der Waals surface area contributed by atoms with Crippen molar-refractivity contribution in [1.82, 2.24) is 0 Å². The van der Waals surface area contributed by atoms with Gasteiger partial charge in [0.2, 0.25) is 0 Å². The number of carbonyl (C=O) groups excluding carboxylic acids is 4. The summed E-state index contributed by atoms with van der Waals surface area (Å²) < 4.78 is 68.6. The second kappa shape index (κ2) is 69.1. The number of rotatable bonds is 77. The van der Waals surface area contributed by atoms with Gasteiger partial charge >= 0.3 is 39.5 Å². The van der Waals surface area contributed by atoms with Crippen LogP contribution in [0.15, 0.2) is 0 Å². The SMILES string of the molecule is CCC(C)CCCCCCCCCCCCCCCCCCCCC(=O)OC[C@H](COP(=O)(O)OC[C@@H](O)COP(=O)(O)OC[C@@H](COC(=O)CCCCCCCCC(C)C)OC(=O)CCCCCCCCC(C)CC)OC(=O)CCCCCCCCCCCCCCCCCC(C)C. The van der Waals surface area contributed by atoms with E-state index in [1.807, 2.05) is 0 Å². The van der Waals surface area contributed by atoms with E-state index in [1.165, 1.54) is 205 Å². The van der Waals surface area contributed by atoms with Gasteiger partial charge in [-0.25, -0.2) is 9.13 Å². The van der Waals surface area contributed by atoms with Crippen molar-refractivity contribution < 1.29 is 80.2 Å². The van der Waals surface area contributed by atoms with Gasteiger partial charge in [-0.3, -0.25) is 37.3 Å². The highest BCUT2D eigenvalue weighted by Gasteiger charge is 2.30. The Morgan fingerprint density at radius 2 is 0.485 bits per heavy atom. The lowest BCUT2D eigenvalue weighted by molar-refractivity contribution is -0.161. The number of ether oxygens (including phenoxy) is 4. The fourth-order valence-corrected chi connectivity index (χ4v) is 13.8. The molecular weight excluding hydrogens is 1290 g/mol. The van der Waals surface area contributed by atoms with Gasteiger partial charge in [0, 0.05) is 25.7 Å². The predicted molar refractivity (Wildman–Crippen MR) is 404 cm³/mol. The van der Waals surface area contributed by atoms with Crippen LogP contribution in [0.4, 0.5) is 0 Å². The molecule has 19 heteroatoms. The Kier molecular flexibility index (Phi) is 67.8. The quantitative estimate of drug-likeness (QED) is 0.0222. The first-order chi connectivity index (χ1) is 47.7.